The molecule has 0 radical (unpaired) electrons. The Kier molecular flexibility index (Phi) is 6.83. The summed E-state index contributed by atoms with van der Waals surface area (Å²) in [6, 6.07) is 16.7. The van der Waals surface area contributed by atoms with Gasteiger partial charge in [-0.05, 0) is 80.6 Å². The van der Waals surface area contributed by atoms with Gasteiger partial charge in [-0.25, -0.2) is 0 Å². The van der Waals surface area contributed by atoms with E-state index in [1.165, 1.54) is 62.9 Å². The highest BCUT2D eigenvalue weighted by atomic mass is 16.1. The molecule has 0 spiro atoms. The average Bonchev–Trinajstić information content (AvgIpc) is 2.80. The van der Waals surface area contributed by atoms with Gasteiger partial charge in [-0.15, -0.1) is 0 Å². The molecule has 2 saturated heterocycles. The van der Waals surface area contributed by atoms with Crippen molar-refractivity contribution in [2.45, 2.75) is 51.6 Å². The van der Waals surface area contributed by atoms with E-state index in [4.69, 9.17) is 0 Å². The summed E-state index contributed by atoms with van der Waals surface area (Å²) in [5.41, 5.74) is 4.46. The smallest absolute Gasteiger partial charge is 0.251 e. The minimum absolute atomic E-state index is 0.00497. The highest BCUT2D eigenvalue weighted by Gasteiger charge is 2.12. The SMILES string of the molecule is O=C(NCc1ccc(N2CCCCC2)cc1)c1ccc(CN2CCCCC2)cc1. The van der Waals surface area contributed by atoms with E-state index < -0.39 is 0 Å². The highest BCUT2D eigenvalue weighted by Crippen LogP contribution is 2.20. The molecule has 0 bridgehead atoms. The molecule has 1 amide bonds. The molecule has 0 atom stereocenters. The first-order chi connectivity index (χ1) is 14.3. The van der Waals surface area contributed by atoms with Gasteiger partial charge in [0.1, 0.15) is 0 Å². The van der Waals surface area contributed by atoms with E-state index in [1.54, 1.807) is 0 Å². The Bertz CT molecular complexity index is 773. The lowest BCUT2D eigenvalue weighted by molar-refractivity contribution is 0.0951. The van der Waals surface area contributed by atoms with Crippen LogP contribution in [-0.2, 0) is 13.1 Å². The van der Waals surface area contributed by atoms with Crippen molar-refractivity contribution in [2.24, 2.45) is 0 Å². The van der Waals surface area contributed by atoms with Crippen molar-refractivity contribution in [3.05, 3.63) is 65.2 Å². The molecule has 0 aliphatic carbocycles. The van der Waals surface area contributed by atoms with E-state index >= 15 is 0 Å². The Morgan fingerprint density at radius 3 is 1.97 bits per heavy atom. The molecule has 2 aliphatic heterocycles. The Balaban J connectivity index is 1.26. The maximum atomic E-state index is 12.5. The van der Waals surface area contributed by atoms with E-state index in [2.05, 4.69) is 51.5 Å². The van der Waals surface area contributed by atoms with E-state index in [0.717, 1.165) is 30.8 Å². The number of amides is 1. The summed E-state index contributed by atoms with van der Waals surface area (Å²) in [6.45, 7) is 6.26. The Hall–Kier alpha value is -2.33. The van der Waals surface area contributed by atoms with Gasteiger partial charge in [-0.3, -0.25) is 9.69 Å². The fraction of sp³-hybridized carbons (Fsp3) is 0.480. The standard InChI is InChI=1S/C25H33N3O/c29-25(23-11-7-22(8-12-23)20-27-15-3-1-4-16-27)26-19-21-9-13-24(14-10-21)28-17-5-2-6-18-28/h7-14H,1-6,15-20H2,(H,26,29). The monoisotopic (exact) mass is 391 g/mol. The van der Waals surface area contributed by atoms with Crippen molar-refractivity contribution in [3.63, 3.8) is 0 Å². The minimum Gasteiger partial charge on any atom is -0.372 e. The van der Waals surface area contributed by atoms with Gasteiger partial charge in [0.15, 0.2) is 0 Å². The van der Waals surface area contributed by atoms with Gasteiger partial charge >= 0.3 is 0 Å². The van der Waals surface area contributed by atoms with Gasteiger partial charge < -0.3 is 10.2 Å². The predicted molar refractivity (Wildman–Crippen MR) is 119 cm³/mol. The molecule has 0 saturated carbocycles. The van der Waals surface area contributed by atoms with Crippen LogP contribution in [0.2, 0.25) is 0 Å². The molecule has 2 fully saturated rings. The van der Waals surface area contributed by atoms with Crippen LogP contribution < -0.4 is 10.2 Å². The topological polar surface area (TPSA) is 35.6 Å². The molecule has 2 aromatic carbocycles. The zero-order valence-electron chi connectivity index (χ0n) is 17.4. The zero-order chi connectivity index (χ0) is 19.9. The van der Waals surface area contributed by atoms with Crippen molar-refractivity contribution in [3.8, 4) is 0 Å². The lowest BCUT2D eigenvalue weighted by atomic mass is 10.1. The van der Waals surface area contributed by atoms with E-state index in [1.807, 2.05) is 12.1 Å². The summed E-state index contributed by atoms with van der Waals surface area (Å²) >= 11 is 0. The molecule has 29 heavy (non-hydrogen) atoms. The molecular weight excluding hydrogens is 358 g/mol. The summed E-state index contributed by atoms with van der Waals surface area (Å²) in [7, 11) is 0. The molecule has 2 aliphatic rings. The minimum atomic E-state index is -0.00497. The lowest BCUT2D eigenvalue weighted by Gasteiger charge is -2.28. The van der Waals surface area contributed by atoms with Crippen LogP contribution >= 0.6 is 0 Å². The molecule has 4 rings (SSSR count). The van der Waals surface area contributed by atoms with Crippen LogP contribution in [-0.4, -0.2) is 37.0 Å². The Labute approximate surface area is 174 Å². The van der Waals surface area contributed by atoms with E-state index in [0.29, 0.717) is 6.54 Å². The first-order valence-corrected chi connectivity index (χ1v) is 11.2. The first kappa shape index (κ1) is 20.0. The van der Waals surface area contributed by atoms with Crippen LogP contribution in [0.5, 0.6) is 0 Å². The van der Waals surface area contributed by atoms with Gasteiger partial charge in [0, 0.05) is 37.4 Å². The van der Waals surface area contributed by atoms with Crippen molar-refractivity contribution >= 4 is 11.6 Å². The Morgan fingerprint density at radius 2 is 1.31 bits per heavy atom. The van der Waals surface area contributed by atoms with Crippen LogP contribution in [0.15, 0.2) is 48.5 Å². The normalized spacial score (nSPS) is 17.9. The van der Waals surface area contributed by atoms with Crippen LogP contribution in [0.1, 0.15) is 60.0 Å². The van der Waals surface area contributed by atoms with E-state index in [-0.39, 0.29) is 5.91 Å². The molecule has 4 nitrogen and oxygen atoms in total. The van der Waals surface area contributed by atoms with Gasteiger partial charge in [-0.2, -0.15) is 0 Å². The number of carbonyl (C=O) groups is 1. The molecule has 2 heterocycles. The van der Waals surface area contributed by atoms with Gasteiger partial charge in [0.2, 0.25) is 0 Å². The number of carbonyl (C=O) groups excluding carboxylic acids is 1. The second-order valence-electron chi connectivity index (χ2n) is 8.43. The second kappa shape index (κ2) is 9.93. The highest BCUT2D eigenvalue weighted by molar-refractivity contribution is 5.94. The van der Waals surface area contributed by atoms with Crippen LogP contribution in [0, 0.1) is 0 Å². The molecule has 0 unspecified atom stereocenters. The number of piperidine rings is 2. The van der Waals surface area contributed by atoms with Gasteiger partial charge in [0.25, 0.3) is 5.91 Å². The molecular formula is C25H33N3O. The maximum absolute atomic E-state index is 12.5. The number of likely N-dealkylation sites (tertiary alicyclic amines) is 1. The zero-order valence-corrected chi connectivity index (χ0v) is 17.4. The van der Waals surface area contributed by atoms with Crippen molar-refractivity contribution in [2.75, 3.05) is 31.1 Å². The summed E-state index contributed by atoms with van der Waals surface area (Å²) in [5.74, 6) is -0.00497. The average molecular weight is 392 g/mol. The molecule has 154 valence electrons. The van der Waals surface area contributed by atoms with Crippen molar-refractivity contribution in [1.29, 1.82) is 0 Å². The number of hydrogen-bond acceptors (Lipinski definition) is 3. The third-order valence-corrected chi connectivity index (χ3v) is 6.18. The van der Waals surface area contributed by atoms with Crippen LogP contribution in [0.25, 0.3) is 0 Å². The summed E-state index contributed by atoms with van der Waals surface area (Å²) < 4.78 is 0. The summed E-state index contributed by atoms with van der Waals surface area (Å²) in [6.07, 6.45) is 7.89. The number of hydrogen-bond donors (Lipinski definition) is 1. The van der Waals surface area contributed by atoms with Gasteiger partial charge in [0.05, 0.1) is 0 Å². The third kappa shape index (κ3) is 5.60. The number of anilines is 1. The van der Waals surface area contributed by atoms with Crippen molar-refractivity contribution in [1.82, 2.24) is 10.2 Å². The quantitative estimate of drug-likeness (QED) is 0.782. The molecule has 4 heteroatoms. The number of nitrogens with one attached hydrogen (secondary N) is 1. The molecule has 1 N–H and O–H groups in total. The Morgan fingerprint density at radius 1 is 0.724 bits per heavy atom. The summed E-state index contributed by atoms with van der Waals surface area (Å²) in [5, 5.41) is 3.05. The third-order valence-electron chi connectivity index (χ3n) is 6.18. The maximum Gasteiger partial charge on any atom is 0.251 e. The summed E-state index contributed by atoms with van der Waals surface area (Å²) in [4.78, 5) is 17.5. The first-order valence-electron chi connectivity index (χ1n) is 11.2. The number of benzene rings is 2. The van der Waals surface area contributed by atoms with Gasteiger partial charge in [-0.1, -0.05) is 30.7 Å². The number of rotatable bonds is 6. The van der Waals surface area contributed by atoms with Crippen molar-refractivity contribution < 1.29 is 4.79 Å². The molecule has 0 aromatic heterocycles. The second-order valence-corrected chi connectivity index (χ2v) is 8.43. The predicted octanol–water partition coefficient (Wildman–Crippen LogP) is 4.59. The molecule has 2 aromatic rings. The lowest BCUT2D eigenvalue weighted by Crippen LogP contribution is -2.29. The van der Waals surface area contributed by atoms with Crippen LogP contribution in [0.3, 0.4) is 0 Å². The largest absolute Gasteiger partial charge is 0.372 e. The fourth-order valence-corrected chi connectivity index (χ4v) is 4.40. The number of nitrogens with zero attached hydrogens (tertiary/aromatic N) is 2. The van der Waals surface area contributed by atoms with E-state index in [9.17, 15) is 4.79 Å². The fourth-order valence-electron chi connectivity index (χ4n) is 4.40. The van der Waals surface area contributed by atoms with Crippen LogP contribution in [0.4, 0.5) is 5.69 Å².